The van der Waals surface area contributed by atoms with Crippen molar-refractivity contribution in [1.29, 1.82) is 0 Å². The van der Waals surface area contributed by atoms with Crippen LogP contribution in [0.5, 0.6) is 5.75 Å². The molecule has 0 aliphatic carbocycles. The molecule has 0 heterocycles. The van der Waals surface area contributed by atoms with E-state index in [0.29, 0.717) is 6.61 Å². The van der Waals surface area contributed by atoms with E-state index in [4.69, 9.17) is 4.74 Å². The molecule has 0 bridgehead atoms. The Labute approximate surface area is 127 Å². The molecule has 2 aromatic carbocycles. The van der Waals surface area contributed by atoms with Crippen molar-refractivity contribution in [2.45, 2.75) is 26.9 Å². The average molecular weight is 281 g/mol. The third kappa shape index (κ3) is 5.44. The monoisotopic (exact) mass is 281 g/mol. The lowest BCUT2D eigenvalue weighted by molar-refractivity contribution is 0.352. The van der Waals surface area contributed by atoms with Crippen molar-refractivity contribution < 1.29 is 4.74 Å². The van der Waals surface area contributed by atoms with Gasteiger partial charge >= 0.3 is 0 Å². The first-order chi connectivity index (χ1) is 10.1. The maximum Gasteiger partial charge on any atom is 0.120 e. The van der Waals surface area contributed by atoms with Crippen molar-refractivity contribution in [3.05, 3.63) is 77.4 Å². The normalized spacial score (nSPS) is 10.4. The molecule has 0 saturated carbocycles. The van der Waals surface area contributed by atoms with E-state index < -0.39 is 0 Å². The number of nitrogens with one attached hydrogen (secondary N) is 1. The number of rotatable bonds is 7. The van der Waals surface area contributed by atoms with Gasteiger partial charge in [0.05, 0.1) is 0 Å². The third-order valence-corrected chi connectivity index (χ3v) is 3.16. The van der Waals surface area contributed by atoms with E-state index in [-0.39, 0.29) is 0 Å². The first kappa shape index (κ1) is 15.3. The summed E-state index contributed by atoms with van der Waals surface area (Å²) >= 11 is 0. The molecule has 0 aromatic heterocycles. The van der Waals surface area contributed by atoms with Crippen LogP contribution in [0, 0.1) is 6.92 Å². The third-order valence-electron chi connectivity index (χ3n) is 3.16. The quantitative estimate of drug-likeness (QED) is 0.766. The lowest BCUT2D eigenvalue weighted by atomic mass is 10.1. The average Bonchev–Trinajstić information content (AvgIpc) is 2.48. The molecule has 2 aromatic rings. The zero-order valence-electron chi connectivity index (χ0n) is 12.9. The van der Waals surface area contributed by atoms with Crippen molar-refractivity contribution in [3.63, 3.8) is 0 Å². The van der Waals surface area contributed by atoms with Crippen LogP contribution >= 0.6 is 0 Å². The second-order valence-corrected chi connectivity index (χ2v) is 5.48. The molecule has 0 spiro atoms. The van der Waals surface area contributed by atoms with Gasteiger partial charge in [-0.25, -0.2) is 0 Å². The van der Waals surface area contributed by atoms with Crippen LogP contribution in [0.15, 0.2) is 60.7 Å². The molecule has 0 aliphatic rings. The van der Waals surface area contributed by atoms with Crippen LogP contribution in [0.4, 0.5) is 0 Å². The molecule has 0 fully saturated rings. The van der Waals surface area contributed by atoms with E-state index >= 15 is 0 Å². The SMILES string of the molecule is C=C(C)COc1cccc(CNCc2ccc(C)cc2)c1. The standard InChI is InChI=1S/C19H23NO/c1-15(2)14-21-19-6-4-5-18(11-19)13-20-12-17-9-7-16(3)8-10-17/h4-11,20H,1,12-14H2,2-3H3. The summed E-state index contributed by atoms with van der Waals surface area (Å²) in [5.74, 6) is 0.896. The summed E-state index contributed by atoms with van der Waals surface area (Å²) in [7, 11) is 0. The van der Waals surface area contributed by atoms with Gasteiger partial charge in [-0.05, 0) is 42.7 Å². The largest absolute Gasteiger partial charge is 0.489 e. The summed E-state index contributed by atoms with van der Waals surface area (Å²) in [5, 5.41) is 3.46. The van der Waals surface area contributed by atoms with Gasteiger partial charge in [0.15, 0.2) is 0 Å². The molecule has 2 nitrogen and oxygen atoms in total. The highest BCUT2D eigenvalue weighted by Crippen LogP contribution is 2.14. The van der Waals surface area contributed by atoms with Gasteiger partial charge in [-0.2, -0.15) is 0 Å². The molecular weight excluding hydrogens is 258 g/mol. The highest BCUT2D eigenvalue weighted by atomic mass is 16.5. The minimum absolute atomic E-state index is 0.570. The Kier molecular flexibility index (Phi) is 5.59. The maximum absolute atomic E-state index is 5.66. The summed E-state index contributed by atoms with van der Waals surface area (Å²) in [4.78, 5) is 0. The molecule has 0 aliphatic heterocycles. The van der Waals surface area contributed by atoms with Crippen molar-refractivity contribution in [3.8, 4) is 5.75 Å². The number of aryl methyl sites for hydroxylation is 1. The van der Waals surface area contributed by atoms with E-state index in [1.54, 1.807) is 0 Å². The topological polar surface area (TPSA) is 21.3 Å². The Morgan fingerprint density at radius 3 is 2.48 bits per heavy atom. The van der Waals surface area contributed by atoms with E-state index in [0.717, 1.165) is 24.4 Å². The van der Waals surface area contributed by atoms with Gasteiger partial charge in [0, 0.05) is 13.1 Å². The molecule has 0 unspecified atom stereocenters. The molecule has 0 saturated heterocycles. The molecule has 0 amide bonds. The predicted molar refractivity (Wildman–Crippen MR) is 88.5 cm³/mol. The second kappa shape index (κ2) is 7.65. The highest BCUT2D eigenvalue weighted by Gasteiger charge is 1.98. The predicted octanol–water partition coefficient (Wildman–Crippen LogP) is 4.24. The molecule has 0 atom stereocenters. The Morgan fingerprint density at radius 2 is 1.76 bits per heavy atom. The van der Waals surface area contributed by atoms with Crippen molar-refractivity contribution in [1.82, 2.24) is 5.32 Å². The summed E-state index contributed by atoms with van der Waals surface area (Å²) in [6.45, 7) is 10.2. The van der Waals surface area contributed by atoms with E-state index in [1.807, 2.05) is 19.1 Å². The van der Waals surface area contributed by atoms with E-state index in [2.05, 4.69) is 55.2 Å². The summed E-state index contributed by atoms with van der Waals surface area (Å²) in [5.41, 5.74) is 4.84. The maximum atomic E-state index is 5.66. The molecule has 2 rings (SSSR count). The Balaban J connectivity index is 1.83. The fourth-order valence-corrected chi connectivity index (χ4v) is 2.01. The van der Waals surface area contributed by atoms with Gasteiger partial charge in [-0.1, -0.05) is 48.5 Å². The molecule has 2 heteroatoms. The van der Waals surface area contributed by atoms with Gasteiger partial charge in [-0.15, -0.1) is 0 Å². The van der Waals surface area contributed by atoms with Crippen molar-refractivity contribution >= 4 is 0 Å². The van der Waals surface area contributed by atoms with E-state index in [9.17, 15) is 0 Å². The van der Waals surface area contributed by atoms with Crippen LogP contribution < -0.4 is 10.1 Å². The molecule has 110 valence electrons. The molecular formula is C19H23NO. The smallest absolute Gasteiger partial charge is 0.120 e. The number of hydrogen-bond donors (Lipinski definition) is 1. The van der Waals surface area contributed by atoms with Gasteiger partial charge in [0.2, 0.25) is 0 Å². The molecule has 0 radical (unpaired) electrons. The Bertz CT molecular complexity index is 587. The van der Waals surface area contributed by atoms with Gasteiger partial charge in [-0.3, -0.25) is 0 Å². The van der Waals surface area contributed by atoms with E-state index in [1.165, 1.54) is 16.7 Å². The van der Waals surface area contributed by atoms with Crippen molar-refractivity contribution in [2.75, 3.05) is 6.61 Å². The number of hydrogen-bond acceptors (Lipinski definition) is 2. The zero-order chi connectivity index (χ0) is 15.1. The highest BCUT2D eigenvalue weighted by molar-refractivity contribution is 5.29. The first-order valence-corrected chi connectivity index (χ1v) is 7.26. The van der Waals surface area contributed by atoms with Crippen LogP contribution in [0.1, 0.15) is 23.6 Å². The number of ether oxygens (including phenoxy) is 1. The van der Waals surface area contributed by atoms with Gasteiger partial charge in [0.1, 0.15) is 12.4 Å². The molecule has 1 N–H and O–H groups in total. The summed E-state index contributed by atoms with van der Waals surface area (Å²) in [6, 6.07) is 16.8. The summed E-state index contributed by atoms with van der Waals surface area (Å²) < 4.78 is 5.66. The van der Waals surface area contributed by atoms with Crippen LogP contribution in [0.25, 0.3) is 0 Å². The Hall–Kier alpha value is -2.06. The van der Waals surface area contributed by atoms with Gasteiger partial charge in [0.25, 0.3) is 0 Å². The number of benzene rings is 2. The lowest BCUT2D eigenvalue weighted by Gasteiger charge is -2.09. The fourth-order valence-electron chi connectivity index (χ4n) is 2.01. The van der Waals surface area contributed by atoms with Crippen LogP contribution in [0.3, 0.4) is 0 Å². The minimum atomic E-state index is 0.570. The van der Waals surface area contributed by atoms with Crippen LogP contribution in [-0.2, 0) is 13.1 Å². The lowest BCUT2D eigenvalue weighted by Crippen LogP contribution is -2.12. The zero-order valence-corrected chi connectivity index (χ0v) is 12.9. The fraction of sp³-hybridized carbons (Fsp3) is 0.263. The van der Waals surface area contributed by atoms with Gasteiger partial charge < -0.3 is 10.1 Å². The summed E-state index contributed by atoms with van der Waals surface area (Å²) in [6.07, 6.45) is 0. The molecule has 21 heavy (non-hydrogen) atoms. The minimum Gasteiger partial charge on any atom is -0.489 e. The first-order valence-electron chi connectivity index (χ1n) is 7.26. The van der Waals surface area contributed by atoms with Crippen LogP contribution in [-0.4, -0.2) is 6.61 Å². The second-order valence-electron chi connectivity index (χ2n) is 5.48. The Morgan fingerprint density at radius 1 is 1.05 bits per heavy atom. The van der Waals surface area contributed by atoms with Crippen molar-refractivity contribution in [2.24, 2.45) is 0 Å². The van der Waals surface area contributed by atoms with Crippen LogP contribution in [0.2, 0.25) is 0 Å².